The number of carbonyl (C=O) groups is 2. The predicted molar refractivity (Wildman–Crippen MR) is 74.1 cm³/mol. The maximum Gasteiger partial charge on any atom is 0.320 e. The van der Waals surface area contributed by atoms with E-state index in [-0.39, 0.29) is 6.54 Å². The average molecular weight is 282 g/mol. The monoisotopic (exact) mass is 282 g/mol. The summed E-state index contributed by atoms with van der Waals surface area (Å²) in [5.74, 6) is -1.79. The molecule has 0 saturated heterocycles. The number of aryl methyl sites for hydroxylation is 1. The van der Waals surface area contributed by atoms with Crippen LogP contribution >= 0.6 is 0 Å². The number of hydrogen-bond donors (Lipinski definition) is 3. The highest BCUT2D eigenvalue weighted by atomic mass is 19.1. The maximum absolute atomic E-state index is 13.3. The molecule has 3 N–H and O–H groups in total. The van der Waals surface area contributed by atoms with Gasteiger partial charge in [0.25, 0.3) is 0 Å². The first-order chi connectivity index (χ1) is 9.43. The van der Waals surface area contributed by atoms with Crippen molar-refractivity contribution in [1.29, 1.82) is 0 Å². The first kappa shape index (κ1) is 16.1. The minimum Gasteiger partial charge on any atom is -0.480 e. The molecule has 1 atom stereocenters. The molecule has 0 aromatic heterocycles. The standard InChI is InChI=1S/C14H19FN2O3/c1-3-4-12(14(19)20)16-8-13(18)17-10-6-5-9(2)11(15)7-10/h5-7,12,16H,3-4,8H2,1-2H3,(H,17,18)(H,19,20). The molecule has 1 aromatic carbocycles. The molecule has 0 spiro atoms. The fourth-order valence-corrected chi connectivity index (χ4v) is 1.69. The summed E-state index contributed by atoms with van der Waals surface area (Å²) in [7, 11) is 0. The smallest absolute Gasteiger partial charge is 0.320 e. The molecule has 0 aliphatic carbocycles. The van der Waals surface area contributed by atoms with Crippen LogP contribution in [0.2, 0.25) is 0 Å². The Morgan fingerprint density at radius 3 is 2.65 bits per heavy atom. The van der Waals surface area contributed by atoms with Crippen LogP contribution in [0.25, 0.3) is 0 Å². The number of carboxylic acid groups (broad SMARTS) is 1. The molecule has 1 amide bonds. The Bertz CT molecular complexity index is 491. The van der Waals surface area contributed by atoms with Crippen LogP contribution in [0.4, 0.5) is 10.1 Å². The number of amides is 1. The van der Waals surface area contributed by atoms with Crippen molar-refractivity contribution in [3.05, 3.63) is 29.6 Å². The third-order valence-corrected chi connectivity index (χ3v) is 2.84. The molecule has 0 saturated carbocycles. The minimum absolute atomic E-state index is 0.132. The summed E-state index contributed by atoms with van der Waals surface area (Å²) in [6.07, 6.45) is 1.15. The van der Waals surface area contributed by atoms with E-state index in [0.29, 0.717) is 24.1 Å². The quantitative estimate of drug-likeness (QED) is 0.714. The van der Waals surface area contributed by atoms with E-state index in [1.54, 1.807) is 19.1 Å². The molecule has 1 rings (SSSR count). The molecule has 20 heavy (non-hydrogen) atoms. The van der Waals surface area contributed by atoms with Crippen molar-refractivity contribution in [1.82, 2.24) is 5.32 Å². The molecular weight excluding hydrogens is 263 g/mol. The van der Waals surface area contributed by atoms with Gasteiger partial charge in [-0.05, 0) is 31.0 Å². The Hall–Kier alpha value is -1.95. The van der Waals surface area contributed by atoms with Crippen LogP contribution in [0.1, 0.15) is 25.3 Å². The fraction of sp³-hybridized carbons (Fsp3) is 0.429. The Morgan fingerprint density at radius 1 is 1.40 bits per heavy atom. The Morgan fingerprint density at radius 2 is 2.10 bits per heavy atom. The van der Waals surface area contributed by atoms with Crippen LogP contribution in [-0.2, 0) is 9.59 Å². The van der Waals surface area contributed by atoms with Crippen LogP contribution in [0.3, 0.4) is 0 Å². The van der Waals surface area contributed by atoms with E-state index in [9.17, 15) is 14.0 Å². The SMILES string of the molecule is CCCC(NCC(=O)Nc1ccc(C)c(F)c1)C(=O)O. The predicted octanol–water partition coefficient (Wildman–Crippen LogP) is 1.92. The number of hydrogen-bond acceptors (Lipinski definition) is 3. The molecule has 0 radical (unpaired) electrons. The summed E-state index contributed by atoms with van der Waals surface area (Å²) in [5.41, 5.74) is 0.845. The van der Waals surface area contributed by atoms with Gasteiger partial charge in [-0.2, -0.15) is 0 Å². The van der Waals surface area contributed by atoms with Gasteiger partial charge in [-0.25, -0.2) is 4.39 Å². The number of carboxylic acids is 1. The van der Waals surface area contributed by atoms with Gasteiger partial charge in [-0.3, -0.25) is 14.9 Å². The molecule has 0 bridgehead atoms. The van der Waals surface area contributed by atoms with Gasteiger partial charge < -0.3 is 10.4 Å². The largest absolute Gasteiger partial charge is 0.480 e. The van der Waals surface area contributed by atoms with E-state index >= 15 is 0 Å². The van der Waals surface area contributed by atoms with Gasteiger partial charge in [0.05, 0.1) is 6.54 Å². The summed E-state index contributed by atoms with van der Waals surface area (Å²) >= 11 is 0. The van der Waals surface area contributed by atoms with E-state index in [0.717, 1.165) is 0 Å². The molecule has 6 heteroatoms. The minimum atomic E-state index is -0.985. The molecule has 1 unspecified atom stereocenters. The zero-order chi connectivity index (χ0) is 15.1. The summed E-state index contributed by atoms with van der Waals surface area (Å²) in [6.45, 7) is 3.37. The van der Waals surface area contributed by atoms with E-state index in [2.05, 4.69) is 10.6 Å². The van der Waals surface area contributed by atoms with Gasteiger partial charge >= 0.3 is 5.97 Å². The number of carbonyl (C=O) groups excluding carboxylic acids is 1. The van der Waals surface area contributed by atoms with Crippen LogP contribution in [0, 0.1) is 12.7 Å². The van der Waals surface area contributed by atoms with Gasteiger partial charge in [0.15, 0.2) is 0 Å². The van der Waals surface area contributed by atoms with Crippen molar-refractivity contribution < 1.29 is 19.1 Å². The zero-order valence-corrected chi connectivity index (χ0v) is 11.6. The maximum atomic E-state index is 13.3. The molecular formula is C14H19FN2O3. The van der Waals surface area contributed by atoms with Gasteiger partial charge in [-0.15, -0.1) is 0 Å². The highest BCUT2D eigenvalue weighted by Crippen LogP contribution is 2.13. The Labute approximate surface area is 117 Å². The number of anilines is 1. The fourth-order valence-electron chi connectivity index (χ4n) is 1.69. The molecule has 5 nitrogen and oxygen atoms in total. The summed E-state index contributed by atoms with van der Waals surface area (Å²) in [5, 5.41) is 14.1. The van der Waals surface area contributed by atoms with Crippen molar-refractivity contribution in [3.8, 4) is 0 Å². The van der Waals surface area contributed by atoms with Gasteiger partial charge in [0, 0.05) is 5.69 Å². The van der Waals surface area contributed by atoms with Crippen molar-refractivity contribution in [2.45, 2.75) is 32.7 Å². The summed E-state index contributed by atoms with van der Waals surface area (Å²) in [4.78, 5) is 22.5. The highest BCUT2D eigenvalue weighted by molar-refractivity contribution is 5.92. The number of benzene rings is 1. The van der Waals surface area contributed by atoms with Gasteiger partial charge in [-0.1, -0.05) is 19.4 Å². The van der Waals surface area contributed by atoms with E-state index in [1.807, 2.05) is 6.92 Å². The lowest BCUT2D eigenvalue weighted by atomic mass is 10.1. The molecule has 0 aliphatic heterocycles. The topological polar surface area (TPSA) is 78.4 Å². The van der Waals surface area contributed by atoms with Gasteiger partial charge in [0.2, 0.25) is 5.91 Å². The third kappa shape index (κ3) is 4.97. The highest BCUT2D eigenvalue weighted by Gasteiger charge is 2.16. The van der Waals surface area contributed by atoms with Crippen LogP contribution in [0.15, 0.2) is 18.2 Å². The van der Waals surface area contributed by atoms with E-state index in [4.69, 9.17) is 5.11 Å². The molecule has 110 valence electrons. The van der Waals surface area contributed by atoms with Crippen molar-refractivity contribution in [3.63, 3.8) is 0 Å². The second kappa shape index (κ2) is 7.59. The second-order valence-electron chi connectivity index (χ2n) is 4.57. The first-order valence-corrected chi connectivity index (χ1v) is 6.46. The van der Waals surface area contributed by atoms with Crippen molar-refractivity contribution >= 4 is 17.6 Å². The van der Waals surface area contributed by atoms with Gasteiger partial charge in [0.1, 0.15) is 11.9 Å². The summed E-state index contributed by atoms with van der Waals surface area (Å²) in [6, 6.07) is 3.64. The Balaban J connectivity index is 2.50. The zero-order valence-electron chi connectivity index (χ0n) is 11.6. The lowest BCUT2D eigenvalue weighted by Crippen LogP contribution is -2.41. The number of nitrogens with one attached hydrogen (secondary N) is 2. The molecule has 0 aliphatic rings. The number of rotatable bonds is 7. The lowest BCUT2D eigenvalue weighted by molar-refractivity contribution is -0.139. The third-order valence-electron chi connectivity index (χ3n) is 2.84. The van der Waals surface area contributed by atoms with Crippen LogP contribution in [-0.4, -0.2) is 29.6 Å². The van der Waals surface area contributed by atoms with E-state index < -0.39 is 23.7 Å². The summed E-state index contributed by atoms with van der Waals surface area (Å²) < 4.78 is 13.3. The van der Waals surface area contributed by atoms with E-state index in [1.165, 1.54) is 6.07 Å². The molecule has 1 aromatic rings. The Kier molecular flexibility index (Phi) is 6.11. The lowest BCUT2D eigenvalue weighted by Gasteiger charge is -2.13. The van der Waals surface area contributed by atoms with Crippen LogP contribution < -0.4 is 10.6 Å². The van der Waals surface area contributed by atoms with Crippen molar-refractivity contribution in [2.75, 3.05) is 11.9 Å². The molecule has 0 heterocycles. The first-order valence-electron chi connectivity index (χ1n) is 6.46. The number of halogens is 1. The van der Waals surface area contributed by atoms with Crippen LogP contribution in [0.5, 0.6) is 0 Å². The molecule has 0 fully saturated rings. The number of aliphatic carboxylic acids is 1. The van der Waals surface area contributed by atoms with Crippen molar-refractivity contribution in [2.24, 2.45) is 0 Å². The normalized spacial score (nSPS) is 11.9. The average Bonchev–Trinajstić information content (AvgIpc) is 2.38. The second-order valence-corrected chi connectivity index (χ2v) is 4.57.